The highest BCUT2D eigenvalue weighted by Gasteiger charge is 2.39. The Bertz CT molecular complexity index is 795. The maximum Gasteiger partial charge on any atom is 0.248 e. The van der Waals surface area contributed by atoms with Gasteiger partial charge in [-0.15, -0.1) is 0 Å². The van der Waals surface area contributed by atoms with Gasteiger partial charge in [0.05, 0.1) is 11.0 Å². The quantitative estimate of drug-likeness (QED) is 0.723. The van der Waals surface area contributed by atoms with E-state index in [1.54, 1.807) is 18.0 Å². The van der Waals surface area contributed by atoms with Gasteiger partial charge in [0.15, 0.2) is 0 Å². The van der Waals surface area contributed by atoms with Crippen molar-refractivity contribution in [2.75, 3.05) is 20.2 Å². The van der Waals surface area contributed by atoms with Crippen molar-refractivity contribution in [3.05, 3.63) is 29.8 Å². The first kappa shape index (κ1) is 17.4. The Kier molecular flexibility index (Phi) is 4.88. The van der Waals surface area contributed by atoms with Crippen molar-refractivity contribution >= 4 is 16.9 Å². The number of ether oxygens (including phenoxy) is 1. The van der Waals surface area contributed by atoms with E-state index in [-0.39, 0.29) is 24.9 Å². The van der Waals surface area contributed by atoms with Crippen LogP contribution < -0.4 is 10.9 Å². The summed E-state index contributed by atoms with van der Waals surface area (Å²) in [5.41, 5.74) is 7.95. The minimum Gasteiger partial charge on any atom is -0.364 e. The molecule has 3 atom stereocenters. The number of nitrogens with one attached hydrogen (secondary N) is 3. The molecule has 140 valence electrons. The fourth-order valence-electron chi connectivity index (χ4n) is 4.00. The van der Waals surface area contributed by atoms with E-state index in [9.17, 15) is 9.18 Å². The number of hydrazine groups is 1. The second-order valence-electron chi connectivity index (χ2n) is 7.21. The van der Waals surface area contributed by atoms with Crippen LogP contribution in [-0.2, 0) is 16.1 Å². The number of aromatic nitrogens is 2. The molecule has 1 aliphatic heterocycles. The second kappa shape index (κ2) is 7.30. The monoisotopic (exact) mass is 361 g/mol. The number of fused-ring (bicyclic) bond motifs is 2. The topological polar surface area (TPSA) is 82.3 Å². The summed E-state index contributed by atoms with van der Waals surface area (Å²) < 4.78 is 18.7. The van der Waals surface area contributed by atoms with Crippen LogP contribution in [-0.4, -0.2) is 53.1 Å². The highest BCUT2D eigenvalue weighted by atomic mass is 19.1. The number of carbonyl (C=O) groups excluding carboxylic acids is 1. The molecule has 4 rings (SSSR count). The third-order valence-corrected chi connectivity index (χ3v) is 5.39. The maximum absolute atomic E-state index is 13.2. The summed E-state index contributed by atoms with van der Waals surface area (Å²) in [5, 5.41) is 0. The number of hydrogen-bond donors (Lipinski definition) is 3. The Balaban J connectivity index is 1.25. The molecule has 3 unspecified atom stereocenters. The third-order valence-electron chi connectivity index (χ3n) is 5.39. The van der Waals surface area contributed by atoms with Crippen LogP contribution in [0.2, 0.25) is 0 Å². The fraction of sp³-hybridized carbons (Fsp3) is 0.556. The molecule has 2 aliphatic rings. The molecular weight excluding hydrogens is 337 g/mol. The van der Waals surface area contributed by atoms with Crippen LogP contribution >= 0.6 is 0 Å². The molecular formula is C18H24FN5O2. The number of hydrogen-bond acceptors (Lipinski definition) is 5. The second-order valence-corrected chi connectivity index (χ2v) is 7.21. The minimum absolute atomic E-state index is 0.00382. The number of rotatable bonds is 6. The lowest BCUT2D eigenvalue weighted by Gasteiger charge is -2.24. The number of nitrogens with zero attached hydrogens (tertiary/aromatic N) is 2. The minimum atomic E-state index is -0.315. The zero-order chi connectivity index (χ0) is 18.1. The average Bonchev–Trinajstić information content (AvgIpc) is 3.31. The van der Waals surface area contributed by atoms with E-state index in [1.165, 1.54) is 31.4 Å². The zero-order valence-corrected chi connectivity index (χ0v) is 14.8. The summed E-state index contributed by atoms with van der Waals surface area (Å²) in [6.07, 6.45) is 3.67. The van der Waals surface area contributed by atoms with Crippen LogP contribution in [0, 0.1) is 11.7 Å². The molecule has 1 amide bonds. The van der Waals surface area contributed by atoms with Crippen LogP contribution in [0.4, 0.5) is 4.39 Å². The van der Waals surface area contributed by atoms with E-state index in [4.69, 9.17) is 4.74 Å². The van der Waals surface area contributed by atoms with Gasteiger partial charge in [-0.2, -0.15) is 0 Å². The van der Waals surface area contributed by atoms with Gasteiger partial charge in [-0.1, -0.05) is 6.42 Å². The summed E-state index contributed by atoms with van der Waals surface area (Å²) >= 11 is 0. The molecule has 0 radical (unpaired) electrons. The van der Waals surface area contributed by atoms with E-state index in [2.05, 4.69) is 20.8 Å². The van der Waals surface area contributed by atoms with Crippen molar-refractivity contribution < 1.29 is 13.9 Å². The molecule has 26 heavy (non-hydrogen) atoms. The number of aromatic amines is 1. The lowest BCUT2D eigenvalue weighted by Crippen LogP contribution is -2.44. The van der Waals surface area contributed by atoms with Gasteiger partial charge in [-0.05, 0) is 37.0 Å². The van der Waals surface area contributed by atoms with Crippen molar-refractivity contribution in [2.24, 2.45) is 5.92 Å². The molecule has 1 saturated heterocycles. The van der Waals surface area contributed by atoms with E-state index in [0.29, 0.717) is 41.4 Å². The summed E-state index contributed by atoms with van der Waals surface area (Å²) in [6.45, 7) is 0.847. The van der Waals surface area contributed by atoms with Crippen LogP contribution in [0.15, 0.2) is 18.2 Å². The maximum atomic E-state index is 13.2. The Labute approximate surface area is 151 Å². The van der Waals surface area contributed by atoms with Crippen molar-refractivity contribution in [1.29, 1.82) is 0 Å². The third kappa shape index (κ3) is 3.58. The fourth-order valence-corrected chi connectivity index (χ4v) is 4.00. The summed E-state index contributed by atoms with van der Waals surface area (Å²) in [6, 6.07) is 5.21. The van der Waals surface area contributed by atoms with Gasteiger partial charge in [0.2, 0.25) is 5.91 Å². The summed E-state index contributed by atoms with van der Waals surface area (Å²) in [5.74, 6) is 0.805. The molecule has 3 N–H and O–H groups in total. The molecule has 0 spiro atoms. The van der Waals surface area contributed by atoms with Crippen LogP contribution in [0.1, 0.15) is 25.1 Å². The van der Waals surface area contributed by atoms with E-state index in [1.807, 2.05) is 0 Å². The average molecular weight is 361 g/mol. The van der Waals surface area contributed by atoms with Gasteiger partial charge < -0.3 is 14.6 Å². The van der Waals surface area contributed by atoms with Gasteiger partial charge in [-0.3, -0.25) is 15.6 Å². The normalized spacial score (nSPS) is 24.9. The lowest BCUT2D eigenvalue weighted by molar-refractivity contribution is -0.135. The molecule has 1 saturated carbocycles. The molecule has 7 nitrogen and oxygen atoms in total. The standard InChI is InChI=1S/C18H24FN5O2/c1-24(8-16-12-3-2-4-13(12)22-23-16)18(25)10-26-9-17-20-14-6-5-11(19)7-15(14)21-17/h5-7,12-13,16,22-23H,2-4,8-10H2,1H3,(H,20,21). The Morgan fingerprint density at radius 3 is 3.15 bits per heavy atom. The Morgan fingerprint density at radius 2 is 2.27 bits per heavy atom. The number of benzene rings is 1. The number of halogens is 1. The van der Waals surface area contributed by atoms with Gasteiger partial charge in [-0.25, -0.2) is 9.37 Å². The highest BCUT2D eigenvalue weighted by molar-refractivity contribution is 5.77. The largest absolute Gasteiger partial charge is 0.364 e. The first-order chi connectivity index (χ1) is 12.6. The lowest BCUT2D eigenvalue weighted by atomic mass is 9.97. The Hall–Kier alpha value is -2.03. The van der Waals surface area contributed by atoms with E-state index in [0.717, 1.165) is 0 Å². The molecule has 1 aromatic heterocycles. The van der Waals surface area contributed by atoms with Crippen molar-refractivity contribution in [3.63, 3.8) is 0 Å². The Morgan fingerprint density at radius 1 is 1.38 bits per heavy atom. The van der Waals surface area contributed by atoms with Crippen molar-refractivity contribution in [2.45, 2.75) is 38.0 Å². The van der Waals surface area contributed by atoms with E-state index < -0.39 is 0 Å². The van der Waals surface area contributed by atoms with Crippen LogP contribution in [0.3, 0.4) is 0 Å². The van der Waals surface area contributed by atoms with Crippen molar-refractivity contribution in [3.8, 4) is 0 Å². The molecule has 2 fully saturated rings. The molecule has 0 bridgehead atoms. The number of imidazole rings is 1. The number of amides is 1. The zero-order valence-electron chi connectivity index (χ0n) is 14.8. The summed E-state index contributed by atoms with van der Waals surface area (Å²) in [7, 11) is 1.81. The number of H-pyrrole nitrogens is 1. The first-order valence-corrected chi connectivity index (χ1v) is 9.07. The molecule has 2 heterocycles. The van der Waals surface area contributed by atoms with E-state index >= 15 is 0 Å². The highest BCUT2D eigenvalue weighted by Crippen LogP contribution is 2.31. The van der Waals surface area contributed by atoms with Crippen LogP contribution in [0.5, 0.6) is 0 Å². The summed E-state index contributed by atoms with van der Waals surface area (Å²) in [4.78, 5) is 21.3. The SMILES string of the molecule is CN(CC1NNC2CCCC21)C(=O)COCc1nc2ccc(F)cc2[nH]1. The molecule has 2 aromatic rings. The van der Waals surface area contributed by atoms with Crippen molar-refractivity contribution in [1.82, 2.24) is 25.7 Å². The van der Waals surface area contributed by atoms with Crippen LogP contribution in [0.25, 0.3) is 11.0 Å². The number of likely N-dealkylation sites (N-methyl/N-ethyl adjacent to an activating group) is 1. The number of carbonyl (C=O) groups is 1. The first-order valence-electron chi connectivity index (χ1n) is 9.07. The molecule has 1 aromatic carbocycles. The van der Waals surface area contributed by atoms with Gasteiger partial charge in [0, 0.05) is 25.7 Å². The van der Waals surface area contributed by atoms with Gasteiger partial charge in [0.25, 0.3) is 0 Å². The molecule has 8 heteroatoms. The predicted octanol–water partition coefficient (Wildman–Crippen LogP) is 1.32. The van der Waals surface area contributed by atoms with Gasteiger partial charge >= 0.3 is 0 Å². The smallest absolute Gasteiger partial charge is 0.248 e. The molecule has 1 aliphatic carbocycles. The predicted molar refractivity (Wildman–Crippen MR) is 94.5 cm³/mol. The van der Waals surface area contributed by atoms with Gasteiger partial charge in [0.1, 0.15) is 24.9 Å².